The summed E-state index contributed by atoms with van der Waals surface area (Å²) in [5.41, 5.74) is 7.46. The third-order valence-electron chi connectivity index (χ3n) is 2.38. The van der Waals surface area contributed by atoms with Gasteiger partial charge in [0.25, 0.3) is 0 Å². The number of para-hydroxylation sites is 1. The molecule has 1 rings (SSSR count). The summed E-state index contributed by atoms with van der Waals surface area (Å²) in [6.45, 7) is 7.16. The van der Waals surface area contributed by atoms with Crippen molar-refractivity contribution in [3.8, 4) is 11.8 Å². The minimum Gasteiger partial charge on any atom is -0.398 e. The van der Waals surface area contributed by atoms with E-state index in [-0.39, 0.29) is 0 Å². The number of hydrogen-bond acceptors (Lipinski definition) is 2. The van der Waals surface area contributed by atoms with Gasteiger partial charge < -0.3 is 5.73 Å². The van der Waals surface area contributed by atoms with E-state index in [2.05, 4.69) is 30.6 Å². The fourth-order valence-electron chi connectivity index (χ4n) is 1.30. The average molecular weight is 202 g/mol. The van der Waals surface area contributed by atoms with Crippen LogP contribution in [0.3, 0.4) is 0 Å². The van der Waals surface area contributed by atoms with E-state index >= 15 is 0 Å². The summed E-state index contributed by atoms with van der Waals surface area (Å²) >= 11 is 0. The molecule has 2 nitrogen and oxygen atoms in total. The maximum Gasteiger partial charge on any atom is 0.0605 e. The molecule has 0 aromatic heterocycles. The third-order valence-corrected chi connectivity index (χ3v) is 2.38. The van der Waals surface area contributed by atoms with Crippen LogP contribution in [-0.2, 0) is 0 Å². The molecule has 80 valence electrons. The SMILES string of the molecule is CCN(CC)CC#Cc1ccccc1N. The number of rotatable bonds is 3. The Labute approximate surface area is 92.1 Å². The standard InChI is InChI=1S/C13H18N2/c1-3-15(4-2)11-7-9-12-8-5-6-10-13(12)14/h5-6,8,10H,3-4,11,14H2,1-2H3. The molecule has 0 bridgehead atoms. The maximum atomic E-state index is 5.79. The van der Waals surface area contributed by atoms with Crippen molar-refractivity contribution in [1.29, 1.82) is 0 Å². The first-order chi connectivity index (χ1) is 7.27. The smallest absolute Gasteiger partial charge is 0.0605 e. The van der Waals surface area contributed by atoms with E-state index < -0.39 is 0 Å². The quantitative estimate of drug-likeness (QED) is 0.599. The van der Waals surface area contributed by atoms with Gasteiger partial charge in [-0.3, -0.25) is 4.90 Å². The van der Waals surface area contributed by atoms with Crippen molar-refractivity contribution in [2.24, 2.45) is 0 Å². The van der Waals surface area contributed by atoms with Crippen LogP contribution in [0.25, 0.3) is 0 Å². The lowest BCUT2D eigenvalue weighted by molar-refractivity contribution is 0.342. The van der Waals surface area contributed by atoms with E-state index in [1.165, 1.54) is 0 Å². The first-order valence-corrected chi connectivity index (χ1v) is 5.33. The maximum absolute atomic E-state index is 5.79. The van der Waals surface area contributed by atoms with Gasteiger partial charge in [0, 0.05) is 11.3 Å². The zero-order valence-electron chi connectivity index (χ0n) is 9.46. The molecule has 0 saturated carbocycles. The van der Waals surface area contributed by atoms with Gasteiger partial charge in [-0.1, -0.05) is 37.8 Å². The normalized spacial score (nSPS) is 9.80. The second-order valence-electron chi connectivity index (χ2n) is 3.35. The lowest BCUT2D eigenvalue weighted by Gasteiger charge is -2.13. The van der Waals surface area contributed by atoms with Crippen molar-refractivity contribution in [3.63, 3.8) is 0 Å². The summed E-state index contributed by atoms with van der Waals surface area (Å²) in [5, 5.41) is 0. The zero-order valence-corrected chi connectivity index (χ0v) is 9.46. The second-order valence-corrected chi connectivity index (χ2v) is 3.35. The summed E-state index contributed by atoms with van der Waals surface area (Å²) < 4.78 is 0. The lowest BCUT2D eigenvalue weighted by Crippen LogP contribution is -2.22. The number of benzene rings is 1. The molecule has 0 atom stereocenters. The Bertz CT molecular complexity index is 356. The van der Waals surface area contributed by atoms with E-state index in [9.17, 15) is 0 Å². The van der Waals surface area contributed by atoms with Crippen LogP contribution >= 0.6 is 0 Å². The highest BCUT2D eigenvalue weighted by molar-refractivity contribution is 5.55. The van der Waals surface area contributed by atoms with Gasteiger partial charge in [-0.05, 0) is 25.2 Å². The molecule has 1 aromatic carbocycles. The van der Waals surface area contributed by atoms with Crippen LogP contribution in [0, 0.1) is 11.8 Å². The van der Waals surface area contributed by atoms with Gasteiger partial charge in [0.15, 0.2) is 0 Å². The summed E-state index contributed by atoms with van der Waals surface area (Å²) in [6.07, 6.45) is 0. The van der Waals surface area contributed by atoms with E-state index in [4.69, 9.17) is 5.73 Å². The van der Waals surface area contributed by atoms with Crippen LogP contribution in [0.1, 0.15) is 19.4 Å². The molecular formula is C13H18N2. The van der Waals surface area contributed by atoms with Crippen LogP contribution in [0.4, 0.5) is 5.69 Å². The fourth-order valence-corrected chi connectivity index (χ4v) is 1.30. The first-order valence-electron chi connectivity index (χ1n) is 5.33. The highest BCUT2D eigenvalue weighted by Gasteiger charge is 1.94. The minimum atomic E-state index is 0.754. The number of anilines is 1. The molecule has 0 aliphatic heterocycles. The Morgan fingerprint density at radius 3 is 2.47 bits per heavy atom. The third kappa shape index (κ3) is 3.65. The molecule has 2 N–H and O–H groups in total. The molecule has 0 heterocycles. The minimum absolute atomic E-state index is 0.754. The second kappa shape index (κ2) is 6.10. The highest BCUT2D eigenvalue weighted by atomic mass is 15.1. The summed E-state index contributed by atoms with van der Waals surface area (Å²) in [7, 11) is 0. The van der Waals surface area contributed by atoms with E-state index in [1.54, 1.807) is 0 Å². The van der Waals surface area contributed by atoms with E-state index in [0.717, 1.165) is 30.9 Å². The van der Waals surface area contributed by atoms with Gasteiger partial charge in [0.1, 0.15) is 0 Å². The monoisotopic (exact) mass is 202 g/mol. The molecule has 2 heteroatoms. The summed E-state index contributed by atoms with van der Waals surface area (Å²) in [4.78, 5) is 2.27. The van der Waals surface area contributed by atoms with Crippen LogP contribution in [-0.4, -0.2) is 24.5 Å². The lowest BCUT2D eigenvalue weighted by atomic mass is 10.2. The van der Waals surface area contributed by atoms with Crippen molar-refractivity contribution < 1.29 is 0 Å². The molecule has 0 radical (unpaired) electrons. The Morgan fingerprint density at radius 2 is 1.87 bits per heavy atom. The summed E-state index contributed by atoms with van der Waals surface area (Å²) in [5.74, 6) is 6.24. The predicted octanol–water partition coefficient (Wildman–Crippen LogP) is 1.96. The van der Waals surface area contributed by atoms with Crippen molar-refractivity contribution >= 4 is 5.69 Å². The van der Waals surface area contributed by atoms with E-state index in [0.29, 0.717) is 0 Å². The molecular weight excluding hydrogens is 184 g/mol. The van der Waals surface area contributed by atoms with Crippen molar-refractivity contribution in [2.75, 3.05) is 25.4 Å². The molecule has 1 aromatic rings. The number of nitrogen functional groups attached to an aromatic ring is 1. The van der Waals surface area contributed by atoms with Gasteiger partial charge in [-0.2, -0.15) is 0 Å². The number of nitrogens with zero attached hydrogens (tertiary/aromatic N) is 1. The first kappa shape index (κ1) is 11.6. The molecule has 0 spiro atoms. The molecule has 0 amide bonds. The molecule has 0 aliphatic carbocycles. The van der Waals surface area contributed by atoms with Crippen LogP contribution in [0.5, 0.6) is 0 Å². The molecule has 15 heavy (non-hydrogen) atoms. The van der Waals surface area contributed by atoms with E-state index in [1.807, 2.05) is 24.3 Å². The highest BCUT2D eigenvalue weighted by Crippen LogP contribution is 2.07. The number of hydrogen-bond donors (Lipinski definition) is 1. The Hall–Kier alpha value is -1.46. The molecule has 0 unspecified atom stereocenters. The zero-order chi connectivity index (χ0) is 11.1. The van der Waals surface area contributed by atoms with Crippen molar-refractivity contribution in [1.82, 2.24) is 4.90 Å². The largest absolute Gasteiger partial charge is 0.398 e. The van der Waals surface area contributed by atoms with Gasteiger partial charge >= 0.3 is 0 Å². The molecule has 0 saturated heterocycles. The summed E-state index contributed by atoms with van der Waals surface area (Å²) in [6, 6.07) is 7.70. The van der Waals surface area contributed by atoms with Gasteiger partial charge in [0.2, 0.25) is 0 Å². The van der Waals surface area contributed by atoms with Crippen molar-refractivity contribution in [3.05, 3.63) is 29.8 Å². The van der Waals surface area contributed by atoms with Gasteiger partial charge in [0.05, 0.1) is 6.54 Å². The topological polar surface area (TPSA) is 29.3 Å². The van der Waals surface area contributed by atoms with Gasteiger partial charge in [-0.25, -0.2) is 0 Å². The van der Waals surface area contributed by atoms with Crippen LogP contribution < -0.4 is 5.73 Å². The molecule has 0 aliphatic rings. The average Bonchev–Trinajstić information content (AvgIpc) is 2.27. The van der Waals surface area contributed by atoms with Crippen LogP contribution in [0.2, 0.25) is 0 Å². The Balaban J connectivity index is 2.62. The van der Waals surface area contributed by atoms with Gasteiger partial charge in [-0.15, -0.1) is 0 Å². The Kier molecular flexibility index (Phi) is 4.73. The fraction of sp³-hybridized carbons (Fsp3) is 0.385. The van der Waals surface area contributed by atoms with Crippen molar-refractivity contribution in [2.45, 2.75) is 13.8 Å². The van der Waals surface area contributed by atoms with Crippen LogP contribution in [0.15, 0.2) is 24.3 Å². The number of nitrogens with two attached hydrogens (primary N) is 1. The molecule has 0 fully saturated rings. The predicted molar refractivity (Wildman–Crippen MR) is 65.5 cm³/mol. The Morgan fingerprint density at radius 1 is 1.20 bits per heavy atom.